The Morgan fingerprint density at radius 3 is 2.64 bits per heavy atom. The summed E-state index contributed by atoms with van der Waals surface area (Å²) in [6.07, 6.45) is -4.59. The zero-order chi connectivity index (χ0) is 17.8. The van der Waals surface area contributed by atoms with Crippen molar-refractivity contribution in [2.24, 2.45) is 0 Å². The van der Waals surface area contributed by atoms with Crippen molar-refractivity contribution in [3.8, 4) is 0 Å². The number of para-hydroxylation sites is 2. The molecule has 0 aliphatic carbocycles. The second kappa shape index (κ2) is 5.30. The molecule has 1 aliphatic rings. The maximum atomic E-state index is 13.7. The number of hydrogen-bond acceptors (Lipinski definition) is 2. The highest BCUT2D eigenvalue weighted by Crippen LogP contribution is 2.33. The van der Waals surface area contributed by atoms with Crippen LogP contribution < -0.4 is 5.32 Å². The Labute approximate surface area is 139 Å². The van der Waals surface area contributed by atoms with Gasteiger partial charge in [-0.25, -0.2) is 18.7 Å². The third-order valence-electron chi connectivity index (χ3n) is 4.18. The molecule has 0 bridgehead atoms. The summed E-state index contributed by atoms with van der Waals surface area (Å²) in [6.45, 7) is 0. The molecule has 8 heteroatoms. The van der Waals surface area contributed by atoms with Gasteiger partial charge in [-0.3, -0.25) is 0 Å². The lowest BCUT2D eigenvalue weighted by Gasteiger charge is -2.12. The topological polar surface area (TPSA) is 46.9 Å². The molecule has 25 heavy (non-hydrogen) atoms. The number of nitrogens with one attached hydrogen (secondary N) is 1. The number of aromatic nitrogens is 2. The molecule has 2 heterocycles. The number of alkyl halides is 3. The van der Waals surface area contributed by atoms with Crippen LogP contribution >= 0.6 is 0 Å². The van der Waals surface area contributed by atoms with Gasteiger partial charge in [0.15, 0.2) is 0 Å². The highest BCUT2D eigenvalue weighted by atomic mass is 19.4. The molecule has 0 fully saturated rings. The van der Waals surface area contributed by atoms with Crippen LogP contribution in [0.25, 0.3) is 11.0 Å². The summed E-state index contributed by atoms with van der Waals surface area (Å²) in [5.41, 5.74) is 0.335. The van der Waals surface area contributed by atoms with Gasteiger partial charge in [-0.2, -0.15) is 13.2 Å². The molecule has 1 aliphatic heterocycles. The molecule has 3 aromatic rings. The number of hydrogen-bond donors (Lipinski definition) is 1. The van der Waals surface area contributed by atoms with Gasteiger partial charge in [-0.1, -0.05) is 18.2 Å². The molecular formula is C17H11F4N3O. The van der Waals surface area contributed by atoms with Crippen molar-refractivity contribution in [1.29, 1.82) is 0 Å². The Hall–Kier alpha value is -2.90. The average Bonchev–Trinajstić information content (AvgIpc) is 3.05. The molecule has 4 nitrogen and oxygen atoms in total. The predicted molar refractivity (Wildman–Crippen MR) is 81.5 cm³/mol. The second-order valence-corrected chi connectivity index (χ2v) is 5.81. The fourth-order valence-corrected chi connectivity index (χ4v) is 3.06. The van der Waals surface area contributed by atoms with E-state index in [1.807, 2.05) is 0 Å². The Morgan fingerprint density at radius 2 is 1.92 bits per heavy atom. The summed E-state index contributed by atoms with van der Waals surface area (Å²) < 4.78 is 53.1. The number of benzene rings is 2. The fourth-order valence-electron chi connectivity index (χ4n) is 3.06. The number of carbonyl (C=O) groups is 1. The van der Waals surface area contributed by atoms with Crippen molar-refractivity contribution in [1.82, 2.24) is 14.9 Å². The van der Waals surface area contributed by atoms with E-state index in [2.05, 4.69) is 10.3 Å². The highest BCUT2D eigenvalue weighted by Gasteiger charge is 2.35. The number of carbonyl (C=O) groups excluding carboxylic acids is 1. The normalized spacial score (nSPS) is 17.0. The van der Waals surface area contributed by atoms with Gasteiger partial charge in [0.05, 0.1) is 22.6 Å². The fraction of sp³-hybridized carbons (Fsp3) is 0.176. The maximum Gasteiger partial charge on any atom is 0.419 e. The largest absolute Gasteiger partial charge is 0.419 e. The highest BCUT2D eigenvalue weighted by molar-refractivity contribution is 5.92. The smallest absolute Gasteiger partial charge is 0.327 e. The number of nitrogens with zero attached hydrogens (tertiary/aromatic N) is 2. The van der Waals surface area contributed by atoms with Crippen molar-refractivity contribution in [2.75, 3.05) is 0 Å². The molecule has 1 N–H and O–H groups in total. The number of halogens is 4. The van der Waals surface area contributed by atoms with E-state index in [9.17, 15) is 22.4 Å². The molecule has 0 saturated carbocycles. The third kappa shape index (κ3) is 2.54. The van der Waals surface area contributed by atoms with E-state index in [1.165, 1.54) is 10.6 Å². The van der Waals surface area contributed by atoms with Crippen LogP contribution in [-0.2, 0) is 12.6 Å². The van der Waals surface area contributed by atoms with E-state index in [0.29, 0.717) is 28.5 Å². The monoisotopic (exact) mass is 349 g/mol. The lowest BCUT2D eigenvalue weighted by Crippen LogP contribution is -2.22. The number of rotatable bonds is 2. The molecule has 0 spiro atoms. The first kappa shape index (κ1) is 15.6. The molecule has 1 atom stereocenters. The molecule has 4 rings (SSSR count). The van der Waals surface area contributed by atoms with Crippen LogP contribution in [0.3, 0.4) is 0 Å². The Morgan fingerprint density at radius 1 is 1.16 bits per heavy atom. The van der Waals surface area contributed by atoms with Gasteiger partial charge < -0.3 is 5.32 Å². The van der Waals surface area contributed by atoms with Gasteiger partial charge in [0.1, 0.15) is 11.6 Å². The minimum absolute atomic E-state index is 0.143. The second-order valence-electron chi connectivity index (χ2n) is 5.81. The van der Waals surface area contributed by atoms with Crippen molar-refractivity contribution in [3.05, 3.63) is 65.2 Å². The van der Waals surface area contributed by atoms with Gasteiger partial charge >= 0.3 is 12.2 Å². The van der Waals surface area contributed by atoms with Crippen molar-refractivity contribution < 1.29 is 22.4 Å². The summed E-state index contributed by atoms with van der Waals surface area (Å²) in [5, 5.41) is 2.72. The summed E-state index contributed by atoms with van der Waals surface area (Å²) in [4.78, 5) is 16.6. The zero-order valence-corrected chi connectivity index (χ0v) is 12.6. The van der Waals surface area contributed by atoms with Crippen LogP contribution in [0.2, 0.25) is 0 Å². The van der Waals surface area contributed by atoms with Crippen molar-refractivity contribution >= 4 is 17.1 Å². The van der Waals surface area contributed by atoms with Gasteiger partial charge in [0.2, 0.25) is 0 Å². The molecule has 0 radical (unpaired) electrons. The number of amides is 1. The van der Waals surface area contributed by atoms with Crippen molar-refractivity contribution in [2.45, 2.75) is 18.6 Å². The molecule has 2 aromatic carbocycles. The average molecular weight is 349 g/mol. The van der Waals surface area contributed by atoms with Crippen LogP contribution in [0.4, 0.5) is 22.4 Å². The standard InChI is InChI=1S/C17H11F4N3O/c18-11-7-9(5-6-10(11)17(19,20)21)8-13-15-22-12-3-1-2-4-14(12)24(15)16(25)23-13/h1-7,13H,8H2,(H,23,25). The van der Waals surface area contributed by atoms with E-state index in [4.69, 9.17) is 0 Å². The van der Waals surface area contributed by atoms with Crippen LogP contribution in [0, 0.1) is 5.82 Å². The SMILES string of the molecule is O=C1NC(Cc2ccc(C(F)(F)F)c(F)c2)c2nc3ccccc3n21. The van der Waals surface area contributed by atoms with E-state index in [0.717, 1.165) is 6.07 Å². The lowest BCUT2D eigenvalue weighted by molar-refractivity contribution is -0.140. The minimum atomic E-state index is -4.74. The minimum Gasteiger partial charge on any atom is -0.327 e. The summed E-state index contributed by atoms with van der Waals surface area (Å²) in [5.74, 6) is -0.866. The first-order valence-corrected chi connectivity index (χ1v) is 7.48. The van der Waals surface area contributed by atoms with Gasteiger partial charge in [0.25, 0.3) is 0 Å². The van der Waals surface area contributed by atoms with Crippen LogP contribution in [0.15, 0.2) is 42.5 Å². The van der Waals surface area contributed by atoms with Crippen LogP contribution in [0.1, 0.15) is 23.0 Å². The quantitative estimate of drug-likeness (QED) is 0.710. The van der Waals surface area contributed by atoms with E-state index >= 15 is 0 Å². The Balaban J connectivity index is 1.68. The first-order chi connectivity index (χ1) is 11.8. The van der Waals surface area contributed by atoms with Crippen LogP contribution in [-0.4, -0.2) is 15.6 Å². The molecule has 1 unspecified atom stereocenters. The van der Waals surface area contributed by atoms with Gasteiger partial charge in [-0.05, 0) is 29.8 Å². The first-order valence-electron chi connectivity index (χ1n) is 7.48. The number of fused-ring (bicyclic) bond motifs is 3. The molecule has 128 valence electrons. The van der Waals surface area contributed by atoms with Gasteiger partial charge in [-0.15, -0.1) is 0 Å². The summed E-state index contributed by atoms with van der Waals surface area (Å²) in [7, 11) is 0. The molecular weight excluding hydrogens is 338 g/mol. The Bertz CT molecular complexity index is 993. The summed E-state index contributed by atoms with van der Waals surface area (Å²) >= 11 is 0. The van der Waals surface area contributed by atoms with E-state index in [-0.39, 0.29) is 12.5 Å². The van der Waals surface area contributed by atoms with E-state index < -0.39 is 23.6 Å². The third-order valence-corrected chi connectivity index (χ3v) is 4.18. The maximum absolute atomic E-state index is 13.7. The molecule has 0 saturated heterocycles. The summed E-state index contributed by atoms with van der Waals surface area (Å²) in [6, 6.07) is 8.98. The number of imidazole rings is 1. The Kier molecular flexibility index (Phi) is 3.31. The van der Waals surface area contributed by atoms with Crippen molar-refractivity contribution in [3.63, 3.8) is 0 Å². The predicted octanol–water partition coefficient (Wildman–Crippen LogP) is 4.05. The van der Waals surface area contributed by atoms with Crippen LogP contribution in [0.5, 0.6) is 0 Å². The molecule has 1 amide bonds. The van der Waals surface area contributed by atoms with Gasteiger partial charge in [0, 0.05) is 6.42 Å². The van der Waals surface area contributed by atoms with E-state index in [1.54, 1.807) is 24.3 Å². The zero-order valence-electron chi connectivity index (χ0n) is 12.6. The lowest BCUT2D eigenvalue weighted by atomic mass is 10.0. The molecule has 1 aromatic heterocycles.